The van der Waals surface area contributed by atoms with Crippen LogP contribution in [-0.4, -0.2) is 40.2 Å². The van der Waals surface area contributed by atoms with Crippen molar-refractivity contribution in [1.82, 2.24) is 4.90 Å². The third-order valence-corrected chi connectivity index (χ3v) is 4.50. The topological polar surface area (TPSA) is 85.2 Å². The molecule has 0 aliphatic carbocycles. The van der Waals surface area contributed by atoms with E-state index in [0.29, 0.717) is 13.0 Å². The molecule has 1 aromatic carbocycles. The largest absolute Gasteiger partial charge is 0.444 e. The second-order valence-electron chi connectivity index (χ2n) is 7.49. The normalized spacial score (nSPS) is 28.9. The third-order valence-electron chi connectivity index (χ3n) is 4.50. The van der Waals surface area contributed by atoms with Crippen LogP contribution in [0.1, 0.15) is 39.7 Å². The number of nitrogens with zero attached hydrogens (tertiary/aromatic N) is 2. The van der Waals surface area contributed by atoms with Crippen molar-refractivity contribution < 1.29 is 19.2 Å². The number of carbonyl (C=O) groups is 1. The van der Waals surface area contributed by atoms with Crippen LogP contribution >= 0.6 is 0 Å². The fraction of sp³-hybridized carbons (Fsp3) is 0.588. The maximum Gasteiger partial charge on any atom is 0.410 e. The second kappa shape index (κ2) is 5.44. The van der Waals surface area contributed by atoms with E-state index >= 15 is 0 Å². The van der Waals surface area contributed by atoms with Gasteiger partial charge in [0.15, 0.2) is 0 Å². The minimum absolute atomic E-state index is 0.0335. The lowest BCUT2D eigenvalue weighted by molar-refractivity contribution is -0.384. The van der Waals surface area contributed by atoms with Crippen molar-refractivity contribution in [3.63, 3.8) is 0 Å². The first-order valence-electron chi connectivity index (χ1n) is 8.05. The van der Waals surface area contributed by atoms with Gasteiger partial charge < -0.3 is 14.4 Å². The fourth-order valence-electron chi connectivity index (χ4n) is 3.30. The molecular weight excluding hydrogens is 312 g/mol. The first kappa shape index (κ1) is 16.7. The molecule has 2 heterocycles. The zero-order valence-corrected chi connectivity index (χ0v) is 14.3. The summed E-state index contributed by atoms with van der Waals surface area (Å²) in [6.45, 7) is 7.96. The van der Waals surface area contributed by atoms with Crippen molar-refractivity contribution >= 4 is 11.8 Å². The highest BCUT2D eigenvalue weighted by molar-refractivity contribution is 5.69. The highest BCUT2D eigenvalue weighted by atomic mass is 16.6. The van der Waals surface area contributed by atoms with Gasteiger partial charge in [-0.1, -0.05) is 0 Å². The summed E-state index contributed by atoms with van der Waals surface area (Å²) in [7, 11) is 0. The van der Waals surface area contributed by atoms with Crippen molar-refractivity contribution in [2.75, 3.05) is 6.54 Å². The van der Waals surface area contributed by atoms with Gasteiger partial charge >= 0.3 is 6.09 Å². The SMILES string of the molecule is C[C@@H]1C[C@]2(c3ccc([N+](=O)[O-])cc3)O[C@@H]2CN1C(=O)OC(C)(C)C. The van der Waals surface area contributed by atoms with Crippen LogP contribution in [-0.2, 0) is 15.1 Å². The van der Waals surface area contributed by atoms with Crippen LogP contribution in [0.2, 0.25) is 0 Å². The first-order valence-corrected chi connectivity index (χ1v) is 8.05. The Morgan fingerprint density at radius 1 is 1.38 bits per heavy atom. The van der Waals surface area contributed by atoms with E-state index in [0.717, 1.165) is 5.56 Å². The molecule has 3 atom stereocenters. The van der Waals surface area contributed by atoms with Crippen LogP contribution in [0, 0.1) is 10.1 Å². The summed E-state index contributed by atoms with van der Waals surface area (Å²) in [5.74, 6) is 0. The molecule has 1 amide bonds. The maximum atomic E-state index is 12.3. The minimum Gasteiger partial charge on any atom is -0.444 e. The number of hydrogen-bond donors (Lipinski definition) is 0. The Morgan fingerprint density at radius 3 is 2.54 bits per heavy atom. The van der Waals surface area contributed by atoms with E-state index in [1.54, 1.807) is 17.0 Å². The van der Waals surface area contributed by atoms with Gasteiger partial charge in [-0.3, -0.25) is 10.1 Å². The predicted molar refractivity (Wildman–Crippen MR) is 86.7 cm³/mol. The number of piperidine rings is 1. The standard InChI is InChI=1S/C17H22N2O5/c1-11-9-17(12-5-7-13(8-6-12)19(21)22)14(23-17)10-18(11)15(20)24-16(2,3)4/h5-8,11,14H,9-10H2,1-4H3/t11-,14-,17-/m1/s1. The van der Waals surface area contributed by atoms with E-state index in [4.69, 9.17) is 9.47 Å². The van der Waals surface area contributed by atoms with Gasteiger partial charge in [0.25, 0.3) is 5.69 Å². The van der Waals surface area contributed by atoms with Crippen LogP contribution in [0.3, 0.4) is 0 Å². The number of hydrogen-bond acceptors (Lipinski definition) is 5. The molecule has 7 nitrogen and oxygen atoms in total. The number of epoxide rings is 1. The molecule has 3 rings (SSSR count). The quantitative estimate of drug-likeness (QED) is 0.471. The van der Waals surface area contributed by atoms with Crippen LogP contribution in [0.5, 0.6) is 0 Å². The molecule has 0 unspecified atom stereocenters. The van der Waals surface area contributed by atoms with Crippen molar-refractivity contribution in [2.24, 2.45) is 0 Å². The van der Waals surface area contributed by atoms with E-state index in [-0.39, 0.29) is 23.9 Å². The molecule has 0 saturated carbocycles. The van der Waals surface area contributed by atoms with Gasteiger partial charge in [0.05, 0.1) is 11.5 Å². The van der Waals surface area contributed by atoms with Gasteiger partial charge in [-0.15, -0.1) is 0 Å². The lowest BCUT2D eigenvalue weighted by Gasteiger charge is -2.36. The highest BCUT2D eigenvalue weighted by Crippen LogP contribution is 2.53. The molecule has 1 aromatic rings. The molecule has 130 valence electrons. The zero-order valence-electron chi connectivity index (χ0n) is 14.3. The smallest absolute Gasteiger partial charge is 0.410 e. The third kappa shape index (κ3) is 2.96. The molecule has 2 aliphatic rings. The van der Waals surface area contributed by atoms with Crippen molar-refractivity contribution in [3.8, 4) is 0 Å². The van der Waals surface area contributed by atoms with Crippen LogP contribution in [0.15, 0.2) is 24.3 Å². The Hall–Kier alpha value is -2.15. The number of amides is 1. The van der Waals surface area contributed by atoms with Gasteiger partial charge in [-0.2, -0.15) is 0 Å². The number of ether oxygens (including phenoxy) is 2. The molecule has 0 spiro atoms. The molecule has 0 aromatic heterocycles. The predicted octanol–water partition coefficient (Wildman–Crippen LogP) is 3.22. The summed E-state index contributed by atoms with van der Waals surface area (Å²) >= 11 is 0. The van der Waals surface area contributed by atoms with Crippen molar-refractivity contribution in [1.29, 1.82) is 0 Å². The second-order valence-corrected chi connectivity index (χ2v) is 7.49. The molecule has 24 heavy (non-hydrogen) atoms. The number of nitro groups is 1. The molecule has 2 saturated heterocycles. The Morgan fingerprint density at radius 2 is 2.00 bits per heavy atom. The fourth-order valence-corrected chi connectivity index (χ4v) is 3.30. The Labute approximate surface area is 140 Å². The van der Waals surface area contributed by atoms with E-state index in [9.17, 15) is 14.9 Å². The first-order chi connectivity index (χ1) is 11.1. The Kier molecular flexibility index (Phi) is 3.79. The minimum atomic E-state index is -0.534. The number of rotatable bonds is 2. The van der Waals surface area contributed by atoms with Gasteiger partial charge in [0.2, 0.25) is 0 Å². The zero-order chi connectivity index (χ0) is 17.7. The van der Waals surface area contributed by atoms with Crippen LogP contribution < -0.4 is 0 Å². The Bertz CT molecular complexity index is 667. The molecule has 2 fully saturated rings. The average Bonchev–Trinajstić information content (AvgIpc) is 3.19. The van der Waals surface area contributed by atoms with Crippen LogP contribution in [0.4, 0.5) is 10.5 Å². The summed E-state index contributed by atoms with van der Waals surface area (Å²) in [6, 6.07) is 6.44. The van der Waals surface area contributed by atoms with E-state index in [2.05, 4.69) is 0 Å². The summed E-state index contributed by atoms with van der Waals surface area (Å²) in [4.78, 5) is 24.4. The monoisotopic (exact) mass is 334 g/mol. The van der Waals surface area contributed by atoms with Gasteiger partial charge in [-0.25, -0.2) is 4.79 Å². The van der Waals surface area contributed by atoms with E-state index in [1.165, 1.54) is 12.1 Å². The van der Waals surface area contributed by atoms with E-state index < -0.39 is 16.1 Å². The number of nitro benzene ring substituents is 1. The highest BCUT2D eigenvalue weighted by Gasteiger charge is 2.62. The molecular formula is C17H22N2O5. The van der Waals surface area contributed by atoms with Crippen molar-refractivity contribution in [3.05, 3.63) is 39.9 Å². The summed E-state index contributed by atoms with van der Waals surface area (Å²) in [5.41, 5.74) is 0.0154. The van der Waals surface area contributed by atoms with Crippen LogP contribution in [0.25, 0.3) is 0 Å². The average molecular weight is 334 g/mol. The maximum absolute atomic E-state index is 12.3. The molecule has 0 N–H and O–H groups in total. The summed E-state index contributed by atoms with van der Waals surface area (Å²) in [5, 5.41) is 10.8. The van der Waals surface area contributed by atoms with Gasteiger partial charge in [-0.05, 0) is 45.4 Å². The lowest BCUT2D eigenvalue weighted by Crippen LogP contribution is -2.49. The number of carbonyl (C=O) groups excluding carboxylic acids is 1. The molecule has 0 radical (unpaired) electrons. The van der Waals surface area contributed by atoms with E-state index in [1.807, 2.05) is 27.7 Å². The summed E-state index contributed by atoms with van der Waals surface area (Å²) < 4.78 is 11.4. The number of non-ortho nitro benzene ring substituents is 1. The van der Waals surface area contributed by atoms with Gasteiger partial charge in [0.1, 0.15) is 17.3 Å². The van der Waals surface area contributed by atoms with Crippen molar-refractivity contribution in [2.45, 2.75) is 57.5 Å². The van der Waals surface area contributed by atoms with Gasteiger partial charge in [0, 0.05) is 24.6 Å². The summed E-state index contributed by atoms with van der Waals surface area (Å²) in [6.07, 6.45) is 0.222. The molecule has 2 aliphatic heterocycles. The lowest BCUT2D eigenvalue weighted by atomic mass is 9.85. The molecule has 0 bridgehead atoms. The Balaban J connectivity index is 1.73. The number of fused-ring (bicyclic) bond motifs is 1. The molecule has 7 heteroatoms. The number of benzene rings is 1. The number of likely N-dealkylation sites (tertiary alicyclic amines) is 1.